The van der Waals surface area contributed by atoms with Crippen LogP contribution < -0.4 is 0 Å². The fourth-order valence-electron chi connectivity index (χ4n) is 1.14. The molecule has 0 aromatic carbocycles. The molecule has 0 saturated carbocycles. The fraction of sp³-hybridized carbons (Fsp3) is 0.375. The van der Waals surface area contributed by atoms with Gasteiger partial charge in [-0.2, -0.15) is 0 Å². The molecular weight excluding hydrogens is 142 g/mol. The van der Waals surface area contributed by atoms with E-state index in [1.807, 2.05) is 17.2 Å². The molecule has 1 radical (unpaired) electrons. The Kier molecular flexibility index (Phi) is 1.49. The predicted octanol–water partition coefficient (Wildman–Crippen LogP) is 0.866. The standard InChI is InChI=1S/C8H10NO2/c1-9-3-2-7-8(6-9)11-5-4-10-7/h2-3H,1,4-6H2. The van der Waals surface area contributed by atoms with Crippen molar-refractivity contribution in [2.45, 2.75) is 0 Å². The molecule has 11 heavy (non-hydrogen) atoms. The highest BCUT2D eigenvalue weighted by atomic mass is 16.6. The summed E-state index contributed by atoms with van der Waals surface area (Å²) in [7, 11) is 3.77. The van der Waals surface area contributed by atoms with E-state index in [1.165, 1.54) is 0 Å². The van der Waals surface area contributed by atoms with Gasteiger partial charge in [0.25, 0.3) is 0 Å². The molecular formula is C8H10NO2. The number of ether oxygens (including phenoxy) is 2. The van der Waals surface area contributed by atoms with Crippen LogP contribution in [-0.4, -0.2) is 24.7 Å². The Bertz CT molecular complexity index is 220. The van der Waals surface area contributed by atoms with E-state index in [0.29, 0.717) is 19.8 Å². The van der Waals surface area contributed by atoms with Gasteiger partial charge in [-0.15, -0.1) is 0 Å². The molecule has 2 aliphatic rings. The Balaban J connectivity index is 2.20. The predicted molar refractivity (Wildman–Crippen MR) is 40.1 cm³/mol. The van der Waals surface area contributed by atoms with Crippen molar-refractivity contribution in [3.8, 4) is 0 Å². The van der Waals surface area contributed by atoms with Crippen molar-refractivity contribution in [1.82, 2.24) is 4.90 Å². The van der Waals surface area contributed by atoms with Gasteiger partial charge in [-0.05, 0) is 6.08 Å². The summed E-state index contributed by atoms with van der Waals surface area (Å²) in [4.78, 5) is 1.81. The molecule has 0 atom stereocenters. The fourth-order valence-corrected chi connectivity index (χ4v) is 1.14. The lowest BCUT2D eigenvalue weighted by molar-refractivity contribution is 0.0587. The Morgan fingerprint density at radius 3 is 3.09 bits per heavy atom. The van der Waals surface area contributed by atoms with E-state index in [2.05, 4.69) is 7.05 Å². The molecule has 3 heteroatoms. The molecule has 0 aliphatic carbocycles. The molecule has 0 bridgehead atoms. The van der Waals surface area contributed by atoms with Crippen LogP contribution in [0, 0.1) is 7.05 Å². The molecule has 0 aromatic rings. The zero-order valence-electron chi connectivity index (χ0n) is 6.25. The molecule has 0 fully saturated rings. The Morgan fingerprint density at radius 2 is 2.18 bits per heavy atom. The number of nitrogens with zero attached hydrogens (tertiary/aromatic N) is 1. The average molecular weight is 152 g/mol. The number of rotatable bonds is 0. The molecule has 0 aromatic heterocycles. The molecule has 2 rings (SSSR count). The quantitative estimate of drug-likeness (QED) is 0.514. The zero-order valence-corrected chi connectivity index (χ0v) is 6.25. The summed E-state index contributed by atoms with van der Waals surface area (Å²) in [6.45, 7) is 2.02. The smallest absolute Gasteiger partial charge is 0.160 e. The van der Waals surface area contributed by atoms with Crippen molar-refractivity contribution in [3.05, 3.63) is 30.8 Å². The SMILES string of the molecule is [CH2]N1C=CC2=C(C1)OCCO2. The van der Waals surface area contributed by atoms with Crippen molar-refractivity contribution in [2.75, 3.05) is 19.8 Å². The normalized spacial score (nSPS) is 22.5. The van der Waals surface area contributed by atoms with Gasteiger partial charge in [0, 0.05) is 13.2 Å². The van der Waals surface area contributed by atoms with Crippen molar-refractivity contribution >= 4 is 0 Å². The summed E-state index contributed by atoms with van der Waals surface area (Å²) >= 11 is 0. The molecule has 0 saturated heterocycles. The lowest BCUT2D eigenvalue weighted by atomic mass is 10.3. The van der Waals surface area contributed by atoms with Crippen LogP contribution >= 0.6 is 0 Å². The minimum atomic E-state index is 0.653. The number of hydrogen-bond donors (Lipinski definition) is 0. The Labute approximate surface area is 65.9 Å². The second-order valence-electron chi connectivity index (χ2n) is 2.55. The van der Waals surface area contributed by atoms with Crippen molar-refractivity contribution in [2.24, 2.45) is 0 Å². The summed E-state index contributed by atoms with van der Waals surface area (Å²) in [5, 5.41) is 0. The summed E-state index contributed by atoms with van der Waals surface area (Å²) in [5.74, 6) is 1.75. The van der Waals surface area contributed by atoms with Gasteiger partial charge in [-0.3, -0.25) is 0 Å². The van der Waals surface area contributed by atoms with E-state index < -0.39 is 0 Å². The van der Waals surface area contributed by atoms with Crippen molar-refractivity contribution in [1.29, 1.82) is 0 Å². The highest BCUT2D eigenvalue weighted by Crippen LogP contribution is 2.19. The summed E-state index contributed by atoms with van der Waals surface area (Å²) in [5.41, 5.74) is 0. The van der Waals surface area contributed by atoms with E-state index in [1.54, 1.807) is 0 Å². The van der Waals surface area contributed by atoms with Crippen LogP contribution in [0.2, 0.25) is 0 Å². The van der Waals surface area contributed by atoms with Gasteiger partial charge in [-0.1, -0.05) is 0 Å². The molecule has 0 N–H and O–H groups in total. The van der Waals surface area contributed by atoms with Gasteiger partial charge in [0.15, 0.2) is 11.5 Å². The first-order chi connectivity index (χ1) is 5.36. The maximum atomic E-state index is 5.37. The largest absolute Gasteiger partial charge is 0.489 e. The average Bonchev–Trinajstić information content (AvgIpc) is 2.04. The molecule has 3 nitrogen and oxygen atoms in total. The molecule has 2 aliphatic heterocycles. The Hall–Kier alpha value is -1.12. The van der Waals surface area contributed by atoms with Gasteiger partial charge >= 0.3 is 0 Å². The van der Waals surface area contributed by atoms with E-state index in [4.69, 9.17) is 9.47 Å². The lowest BCUT2D eigenvalue weighted by Gasteiger charge is -2.26. The highest BCUT2D eigenvalue weighted by molar-refractivity contribution is 5.22. The second-order valence-corrected chi connectivity index (χ2v) is 2.55. The molecule has 0 spiro atoms. The van der Waals surface area contributed by atoms with Gasteiger partial charge < -0.3 is 14.4 Å². The van der Waals surface area contributed by atoms with Crippen molar-refractivity contribution < 1.29 is 9.47 Å². The molecule has 0 unspecified atom stereocenters. The summed E-state index contributed by atoms with van der Waals surface area (Å²) < 4.78 is 10.7. The first kappa shape index (κ1) is 6.58. The van der Waals surface area contributed by atoms with E-state index >= 15 is 0 Å². The second kappa shape index (κ2) is 2.49. The maximum absolute atomic E-state index is 5.37. The summed E-state index contributed by atoms with van der Waals surface area (Å²) in [6, 6.07) is 0. The first-order valence-corrected chi connectivity index (χ1v) is 3.60. The topological polar surface area (TPSA) is 21.7 Å². The molecule has 0 amide bonds. The van der Waals surface area contributed by atoms with E-state index in [-0.39, 0.29) is 0 Å². The third kappa shape index (κ3) is 1.18. The third-order valence-electron chi connectivity index (χ3n) is 1.68. The number of hydrogen-bond acceptors (Lipinski definition) is 3. The van der Waals surface area contributed by atoms with Gasteiger partial charge in [0.05, 0.1) is 6.54 Å². The zero-order chi connectivity index (χ0) is 7.68. The van der Waals surface area contributed by atoms with Crippen LogP contribution in [-0.2, 0) is 9.47 Å². The van der Waals surface area contributed by atoms with Crippen LogP contribution in [0.1, 0.15) is 0 Å². The minimum Gasteiger partial charge on any atom is -0.489 e. The summed E-state index contributed by atoms with van der Waals surface area (Å²) in [6.07, 6.45) is 3.76. The van der Waals surface area contributed by atoms with Gasteiger partial charge in [-0.25, -0.2) is 0 Å². The Morgan fingerprint density at radius 1 is 1.36 bits per heavy atom. The van der Waals surface area contributed by atoms with Crippen molar-refractivity contribution in [3.63, 3.8) is 0 Å². The van der Waals surface area contributed by atoms with Gasteiger partial charge in [0.1, 0.15) is 13.2 Å². The van der Waals surface area contributed by atoms with Crippen LogP contribution in [0.4, 0.5) is 0 Å². The van der Waals surface area contributed by atoms with Crippen LogP contribution in [0.3, 0.4) is 0 Å². The third-order valence-corrected chi connectivity index (χ3v) is 1.68. The monoisotopic (exact) mass is 152 g/mol. The maximum Gasteiger partial charge on any atom is 0.160 e. The van der Waals surface area contributed by atoms with E-state index in [9.17, 15) is 0 Å². The van der Waals surface area contributed by atoms with Gasteiger partial charge in [0.2, 0.25) is 0 Å². The van der Waals surface area contributed by atoms with Crippen LogP contribution in [0.25, 0.3) is 0 Å². The van der Waals surface area contributed by atoms with E-state index in [0.717, 1.165) is 11.5 Å². The van der Waals surface area contributed by atoms with Crippen LogP contribution in [0.15, 0.2) is 23.8 Å². The van der Waals surface area contributed by atoms with Crippen LogP contribution in [0.5, 0.6) is 0 Å². The highest BCUT2D eigenvalue weighted by Gasteiger charge is 2.17. The number of allylic oxidation sites excluding steroid dienone is 1. The minimum absolute atomic E-state index is 0.653. The lowest BCUT2D eigenvalue weighted by Crippen LogP contribution is -2.24. The molecule has 2 heterocycles. The first-order valence-electron chi connectivity index (χ1n) is 3.60. The molecule has 59 valence electrons.